The van der Waals surface area contributed by atoms with Crippen LogP contribution in [0.1, 0.15) is 15.9 Å². The van der Waals surface area contributed by atoms with E-state index in [1.165, 1.54) is 4.90 Å². The van der Waals surface area contributed by atoms with Crippen LogP contribution in [-0.4, -0.2) is 30.9 Å². The molecule has 102 valence electrons. The van der Waals surface area contributed by atoms with Gasteiger partial charge in [0.2, 0.25) is 0 Å². The molecule has 0 fully saturated rings. The summed E-state index contributed by atoms with van der Waals surface area (Å²) in [7, 11) is 3.17. The fraction of sp³-hybridized carbons (Fsp3) is 0.125. The summed E-state index contributed by atoms with van der Waals surface area (Å²) in [5, 5.41) is 0. The van der Waals surface area contributed by atoms with Crippen molar-refractivity contribution in [1.29, 1.82) is 0 Å². The second kappa shape index (κ2) is 6.02. The Labute approximate surface area is 117 Å². The van der Waals surface area contributed by atoms with Crippen molar-refractivity contribution in [2.24, 2.45) is 0 Å². The molecule has 0 atom stereocenters. The van der Waals surface area contributed by atoms with E-state index in [0.717, 1.165) is 0 Å². The van der Waals surface area contributed by atoms with Crippen LogP contribution in [0.3, 0.4) is 0 Å². The molecule has 0 saturated carbocycles. The van der Waals surface area contributed by atoms with Crippen molar-refractivity contribution in [2.45, 2.75) is 0 Å². The lowest BCUT2D eigenvalue weighted by molar-refractivity contribution is 0.103. The van der Waals surface area contributed by atoms with Gasteiger partial charge in [-0.15, -0.1) is 0 Å². The average Bonchev–Trinajstić information content (AvgIpc) is 2.48. The Morgan fingerprint density at radius 1 is 0.900 bits per heavy atom. The molecule has 0 heterocycles. The van der Waals surface area contributed by atoms with Gasteiger partial charge in [0.25, 0.3) is 0 Å². The molecule has 0 aliphatic carbocycles. The number of nitrogens with zero attached hydrogens (tertiary/aromatic N) is 1. The summed E-state index contributed by atoms with van der Waals surface area (Å²) in [5.41, 5.74) is 0.926. The number of ketones is 1. The van der Waals surface area contributed by atoms with Crippen molar-refractivity contribution >= 4 is 11.9 Å². The zero-order chi connectivity index (χ0) is 14.5. The van der Waals surface area contributed by atoms with Crippen molar-refractivity contribution in [2.75, 3.05) is 14.1 Å². The predicted octanol–water partition coefficient (Wildman–Crippen LogP) is 2.98. The highest BCUT2D eigenvalue weighted by Crippen LogP contribution is 2.22. The van der Waals surface area contributed by atoms with Gasteiger partial charge in [0.1, 0.15) is 5.75 Å². The highest BCUT2D eigenvalue weighted by molar-refractivity contribution is 6.10. The number of rotatable bonds is 3. The smallest absolute Gasteiger partial charge is 0.409 e. The van der Waals surface area contributed by atoms with Gasteiger partial charge in [-0.1, -0.05) is 42.5 Å². The largest absolute Gasteiger partial charge is 0.414 e. The first-order chi connectivity index (χ1) is 9.59. The van der Waals surface area contributed by atoms with Crippen LogP contribution < -0.4 is 4.74 Å². The Kier molecular flexibility index (Phi) is 4.15. The average molecular weight is 269 g/mol. The number of para-hydroxylation sites is 1. The summed E-state index contributed by atoms with van der Waals surface area (Å²) in [6.45, 7) is 0. The second-order valence-corrected chi connectivity index (χ2v) is 4.45. The number of hydrogen-bond donors (Lipinski definition) is 0. The quantitative estimate of drug-likeness (QED) is 0.805. The molecular weight excluding hydrogens is 254 g/mol. The third-order valence-electron chi connectivity index (χ3n) is 2.73. The molecule has 1 amide bonds. The molecule has 0 aromatic heterocycles. The maximum Gasteiger partial charge on any atom is 0.414 e. The lowest BCUT2D eigenvalue weighted by Gasteiger charge is -2.13. The van der Waals surface area contributed by atoms with Crippen molar-refractivity contribution in [3.63, 3.8) is 0 Å². The van der Waals surface area contributed by atoms with Crippen LogP contribution >= 0.6 is 0 Å². The molecule has 0 saturated heterocycles. The number of hydrogen-bond acceptors (Lipinski definition) is 3. The number of amides is 1. The molecule has 2 aromatic carbocycles. The van der Waals surface area contributed by atoms with Crippen LogP contribution in [0.15, 0.2) is 54.6 Å². The molecule has 0 unspecified atom stereocenters. The minimum absolute atomic E-state index is 0.173. The summed E-state index contributed by atoms with van der Waals surface area (Å²) in [6.07, 6.45) is -0.515. The highest BCUT2D eigenvalue weighted by Gasteiger charge is 2.16. The van der Waals surface area contributed by atoms with Gasteiger partial charge in [-0.25, -0.2) is 4.79 Å². The monoisotopic (exact) mass is 269 g/mol. The van der Waals surface area contributed by atoms with Crippen LogP contribution in [0, 0.1) is 0 Å². The summed E-state index contributed by atoms with van der Waals surface area (Å²) >= 11 is 0. The van der Waals surface area contributed by atoms with Crippen LogP contribution in [0.25, 0.3) is 0 Å². The molecule has 4 nitrogen and oxygen atoms in total. The first kappa shape index (κ1) is 13.8. The predicted molar refractivity (Wildman–Crippen MR) is 76.0 cm³/mol. The minimum Gasteiger partial charge on any atom is -0.409 e. The van der Waals surface area contributed by atoms with E-state index in [0.29, 0.717) is 11.1 Å². The third-order valence-corrected chi connectivity index (χ3v) is 2.73. The highest BCUT2D eigenvalue weighted by atomic mass is 16.6. The van der Waals surface area contributed by atoms with Crippen molar-refractivity contribution < 1.29 is 14.3 Å². The van der Waals surface area contributed by atoms with E-state index < -0.39 is 6.09 Å². The molecule has 0 spiro atoms. The van der Waals surface area contributed by atoms with Gasteiger partial charge in [0, 0.05) is 19.7 Å². The first-order valence-electron chi connectivity index (χ1n) is 6.17. The van der Waals surface area contributed by atoms with E-state index >= 15 is 0 Å². The van der Waals surface area contributed by atoms with Crippen LogP contribution in [0.4, 0.5) is 4.79 Å². The van der Waals surface area contributed by atoms with Gasteiger partial charge < -0.3 is 9.64 Å². The van der Waals surface area contributed by atoms with Crippen molar-refractivity contribution in [3.8, 4) is 5.75 Å². The first-order valence-corrected chi connectivity index (χ1v) is 6.17. The lowest BCUT2D eigenvalue weighted by atomic mass is 10.0. The van der Waals surface area contributed by atoms with Gasteiger partial charge in [0.05, 0.1) is 5.56 Å². The van der Waals surface area contributed by atoms with Gasteiger partial charge >= 0.3 is 6.09 Å². The van der Waals surface area contributed by atoms with E-state index in [2.05, 4.69) is 0 Å². The molecule has 0 radical (unpaired) electrons. The fourth-order valence-electron chi connectivity index (χ4n) is 1.67. The standard InChI is InChI=1S/C16H15NO3/c1-17(2)16(19)20-14-11-7-6-10-13(14)15(18)12-8-4-3-5-9-12/h3-11H,1-2H3. The van der Waals surface area contributed by atoms with E-state index in [4.69, 9.17) is 4.74 Å². The normalized spacial score (nSPS) is 9.90. The maximum absolute atomic E-state index is 12.4. The van der Waals surface area contributed by atoms with Gasteiger partial charge in [0.15, 0.2) is 5.78 Å². The van der Waals surface area contributed by atoms with Gasteiger partial charge in [-0.2, -0.15) is 0 Å². The molecule has 20 heavy (non-hydrogen) atoms. The minimum atomic E-state index is -0.515. The van der Waals surface area contributed by atoms with Gasteiger partial charge in [-0.3, -0.25) is 4.79 Å². The van der Waals surface area contributed by atoms with E-state index in [1.807, 2.05) is 6.07 Å². The Hall–Kier alpha value is -2.62. The lowest BCUT2D eigenvalue weighted by Crippen LogP contribution is -2.26. The Morgan fingerprint density at radius 3 is 2.15 bits per heavy atom. The summed E-state index contributed by atoms with van der Waals surface area (Å²) in [4.78, 5) is 25.3. The van der Waals surface area contributed by atoms with E-state index in [1.54, 1.807) is 62.6 Å². The fourth-order valence-corrected chi connectivity index (χ4v) is 1.67. The van der Waals surface area contributed by atoms with Crippen molar-refractivity contribution in [1.82, 2.24) is 4.90 Å². The molecule has 4 heteroatoms. The molecule has 0 bridgehead atoms. The zero-order valence-electron chi connectivity index (χ0n) is 11.4. The van der Waals surface area contributed by atoms with Gasteiger partial charge in [-0.05, 0) is 12.1 Å². The number of carbonyl (C=O) groups excluding carboxylic acids is 2. The topological polar surface area (TPSA) is 46.6 Å². The maximum atomic E-state index is 12.4. The Morgan fingerprint density at radius 2 is 1.50 bits per heavy atom. The van der Waals surface area contributed by atoms with E-state index in [9.17, 15) is 9.59 Å². The van der Waals surface area contributed by atoms with Crippen LogP contribution in [-0.2, 0) is 0 Å². The number of ether oxygens (including phenoxy) is 1. The summed E-state index contributed by atoms with van der Waals surface area (Å²) in [6, 6.07) is 15.6. The molecule has 2 aromatic rings. The van der Waals surface area contributed by atoms with Crippen LogP contribution in [0.2, 0.25) is 0 Å². The molecule has 2 rings (SSSR count). The molecule has 0 aliphatic heterocycles. The molecule has 0 N–H and O–H groups in total. The second-order valence-electron chi connectivity index (χ2n) is 4.45. The molecule has 0 aliphatic rings. The third kappa shape index (κ3) is 3.03. The van der Waals surface area contributed by atoms with Crippen molar-refractivity contribution in [3.05, 3.63) is 65.7 Å². The Bertz CT molecular complexity index is 621. The number of benzene rings is 2. The number of carbonyl (C=O) groups is 2. The summed E-state index contributed by atoms with van der Waals surface area (Å²) in [5.74, 6) is 0.0906. The summed E-state index contributed by atoms with van der Waals surface area (Å²) < 4.78 is 5.22. The SMILES string of the molecule is CN(C)C(=O)Oc1ccccc1C(=O)c1ccccc1. The van der Waals surface area contributed by atoms with E-state index in [-0.39, 0.29) is 11.5 Å². The Balaban J connectivity index is 2.33. The van der Waals surface area contributed by atoms with Crippen LogP contribution in [0.5, 0.6) is 5.75 Å². The molecular formula is C16H15NO3. The zero-order valence-corrected chi connectivity index (χ0v) is 11.4.